The normalized spacial score (nSPS) is 10.3. The fraction of sp³-hybridized carbons (Fsp3) is 0.154. The minimum atomic E-state index is -0.547. The van der Waals surface area contributed by atoms with Gasteiger partial charge in [-0.15, -0.1) is 0 Å². The number of halogens is 1. The molecular weight excluding hydrogens is 298 g/mol. The van der Waals surface area contributed by atoms with E-state index in [1.165, 1.54) is 13.3 Å². The fourth-order valence-corrected chi connectivity index (χ4v) is 2.07. The number of carbonyl (C=O) groups excluding carboxylic acids is 2. The minimum absolute atomic E-state index is 0.266. The summed E-state index contributed by atoms with van der Waals surface area (Å²) in [4.78, 5) is 27.0. The molecule has 2 rings (SSSR count). The Morgan fingerprint density at radius 2 is 2.17 bits per heavy atom. The maximum Gasteiger partial charge on any atom is 0.313 e. The molecule has 0 bridgehead atoms. The van der Waals surface area contributed by atoms with Gasteiger partial charge in [0.15, 0.2) is 5.78 Å². The molecule has 0 aliphatic carbocycles. The number of hydrogen-bond acceptors (Lipinski definition) is 4. The SMILES string of the molecule is COC(=O)CC(=O)c1cnc2c(Br)cccc2c1. The predicted molar refractivity (Wildman–Crippen MR) is 70.4 cm³/mol. The van der Waals surface area contributed by atoms with Gasteiger partial charge in [0.05, 0.1) is 12.6 Å². The number of pyridine rings is 1. The Labute approximate surface area is 112 Å². The quantitative estimate of drug-likeness (QED) is 0.497. The summed E-state index contributed by atoms with van der Waals surface area (Å²) in [5, 5.41) is 0.847. The Balaban J connectivity index is 2.36. The molecule has 0 aliphatic rings. The first-order valence-corrected chi connectivity index (χ1v) is 6.05. The van der Waals surface area contributed by atoms with E-state index in [2.05, 4.69) is 25.7 Å². The highest BCUT2D eigenvalue weighted by molar-refractivity contribution is 9.10. The number of esters is 1. The van der Waals surface area contributed by atoms with Crippen LogP contribution in [0.15, 0.2) is 34.9 Å². The maximum atomic E-state index is 11.8. The number of Topliss-reactive ketones (excluding diaryl/α,β-unsaturated/α-hetero) is 1. The van der Waals surface area contributed by atoms with Gasteiger partial charge in [-0.3, -0.25) is 14.6 Å². The van der Waals surface area contributed by atoms with Crippen LogP contribution in [0.1, 0.15) is 16.8 Å². The number of methoxy groups -OCH3 is 1. The molecule has 1 aromatic carbocycles. The van der Waals surface area contributed by atoms with E-state index in [1.54, 1.807) is 6.07 Å². The number of ether oxygens (including phenoxy) is 1. The highest BCUT2D eigenvalue weighted by atomic mass is 79.9. The second-order valence-corrected chi connectivity index (χ2v) is 4.57. The van der Waals surface area contributed by atoms with Gasteiger partial charge in [-0.05, 0) is 28.1 Å². The molecule has 0 saturated carbocycles. The van der Waals surface area contributed by atoms with Gasteiger partial charge in [-0.2, -0.15) is 0 Å². The van der Waals surface area contributed by atoms with E-state index in [-0.39, 0.29) is 12.2 Å². The molecule has 0 aliphatic heterocycles. The van der Waals surface area contributed by atoms with Crippen molar-refractivity contribution in [3.63, 3.8) is 0 Å². The highest BCUT2D eigenvalue weighted by Gasteiger charge is 2.13. The van der Waals surface area contributed by atoms with E-state index >= 15 is 0 Å². The number of fused-ring (bicyclic) bond motifs is 1. The van der Waals surface area contributed by atoms with Crippen LogP contribution in [0.25, 0.3) is 10.9 Å². The van der Waals surface area contributed by atoms with Crippen LogP contribution in [0.4, 0.5) is 0 Å². The second-order valence-electron chi connectivity index (χ2n) is 3.71. The first kappa shape index (κ1) is 12.7. The zero-order valence-electron chi connectivity index (χ0n) is 9.64. The average molecular weight is 308 g/mol. The lowest BCUT2D eigenvalue weighted by molar-refractivity contribution is -0.139. The van der Waals surface area contributed by atoms with Crippen molar-refractivity contribution in [2.45, 2.75) is 6.42 Å². The lowest BCUT2D eigenvalue weighted by atomic mass is 10.1. The molecule has 0 saturated heterocycles. The van der Waals surface area contributed by atoms with E-state index < -0.39 is 5.97 Å². The summed E-state index contributed by atoms with van der Waals surface area (Å²) in [6, 6.07) is 7.33. The molecule has 0 spiro atoms. The lowest BCUT2D eigenvalue weighted by Gasteiger charge is -2.03. The molecule has 18 heavy (non-hydrogen) atoms. The van der Waals surface area contributed by atoms with Crippen molar-refractivity contribution < 1.29 is 14.3 Å². The summed E-state index contributed by atoms with van der Waals surface area (Å²) in [6.45, 7) is 0. The molecule has 92 valence electrons. The Morgan fingerprint density at radius 1 is 1.39 bits per heavy atom. The van der Waals surface area contributed by atoms with Gasteiger partial charge in [0, 0.05) is 21.6 Å². The molecule has 1 aromatic heterocycles. The molecule has 0 amide bonds. The number of rotatable bonds is 3. The van der Waals surface area contributed by atoms with Crippen molar-refractivity contribution in [3.8, 4) is 0 Å². The monoisotopic (exact) mass is 307 g/mol. The molecule has 5 heteroatoms. The van der Waals surface area contributed by atoms with Gasteiger partial charge in [0.1, 0.15) is 6.42 Å². The van der Waals surface area contributed by atoms with Gasteiger partial charge < -0.3 is 4.74 Å². The van der Waals surface area contributed by atoms with Gasteiger partial charge >= 0.3 is 5.97 Å². The third kappa shape index (κ3) is 2.56. The molecule has 0 N–H and O–H groups in total. The number of benzene rings is 1. The molecule has 0 unspecified atom stereocenters. The summed E-state index contributed by atoms with van der Waals surface area (Å²) in [5.74, 6) is -0.842. The van der Waals surface area contributed by atoms with Crippen molar-refractivity contribution >= 4 is 38.6 Å². The number of nitrogens with zero attached hydrogens (tertiary/aromatic N) is 1. The highest BCUT2D eigenvalue weighted by Crippen LogP contribution is 2.22. The summed E-state index contributed by atoms with van der Waals surface area (Å²) in [7, 11) is 1.26. The first-order valence-electron chi connectivity index (χ1n) is 5.26. The summed E-state index contributed by atoms with van der Waals surface area (Å²) in [6.07, 6.45) is 1.20. The zero-order chi connectivity index (χ0) is 13.1. The van der Waals surface area contributed by atoms with Crippen LogP contribution in [-0.4, -0.2) is 23.8 Å². The van der Waals surface area contributed by atoms with Gasteiger partial charge in [0.25, 0.3) is 0 Å². The number of aromatic nitrogens is 1. The Morgan fingerprint density at radius 3 is 2.89 bits per heavy atom. The van der Waals surface area contributed by atoms with Crippen LogP contribution in [0.5, 0.6) is 0 Å². The van der Waals surface area contributed by atoms with E-state index in [0.717, 1.165) is 15.4 Å². The second kappa shape index (κ2) is 5.27. The summed E-state index contributed by atoms with van der Waals surface area (Å²) in [5.41, 5.74) is 1.19. The zero-order valence-corrected chi connectivity index (χ0v) is 11.2. The van der Waals surface area contributed by atoms with Crippen LogP contribution in [0.3, 0.4) is 0 Å². The molecule has 2 aromatic rings. The Hall–Kier alpha value is -1.75. The third-order valence-electron chi connectivity index (χ3n) is 2.52. The third-order valence-corrected chi connectivity index (χ3v) is 3.16. The largest absolute Gasteiger partial charge is 0.469 e. The Kier molecular flexibility index (Phi) is 3.72. The van der Waals surface area contributed by atoms with Crippen LogP contribution in [-0.2, 0) is 9.53 Å². The lowest BCUT2D eigenvalue weighted by Crippen LogP contribution is -2.09. The van der Waals surface area contributed by atoms with Crippen molar-refractivity contribution in [2.24, 2.45) is 0 Å². The topological polar surface area (TPSA) is 56.3 Å². The summed E-state index contributed by atoms with van der Waals surface area (Å²) < 4.78 is 5.33. The summed E-state index contributed by atoms with van der Waals surface area (Å²) >= 11 is 3.39. The van der Waals surface area contributed by atoms with E-state index in [1.807, 2.05) is 18.2 Å². The van der Waals surface area contributed by atoms with Crippen LogP contribution in [0, 0.1) is 0 Å². The number of hydrogen-bond donors (Lipinski definition) is 0. The van der Waals surface area contributed by atoms with Gasteiger partial charge in [-0.25, -0.2) is 0 Å². The van der Waals surface area contributed by atoms with E-state index in [9.17, 15) is 9.59 Å². The van der Waals surface area contributed by atoms with Crippen molar-refractivity contribution in [3.05, 3.63) is 40.5 Å². The van der Waals surface area contributed by atoms with Crippen molar-refractivity contribution in [1.29, 1.82) is 0 Å². The van der Waals surface area contributed by atoms with E-state index in [0.29, 0.717) is 5.56 Å². The smallest absolute Gasteiger partial charge is 0.313 e. The standard InChI is InChI=1S/C13H10BrNO3/c1-18-12(17)6-11(16)9-5-8-3-2-4-10(14)13(8)15-7-9/h2-5,7H,6H2,1H3. The molecule has 0 atom stereocenters. The van der Waals surface area contributed by atoms with E-state index in [4.69, 9.17) is 0 Å². The van der Waals surface area contributed by atoms with Gasteiger partial charge in [-0.1, -0.05) is 12.1 Å². The predicted octanol–water partition coefficient (Wildman–Crippen LogP) is 2.74. The number of ketones is 1. The molecule has 0 radical (unpaired) electrons. The molecule has 1 heterocycles. The molecule has 0 fully saturated rings. The number of carbonyl (C=O) groups is 2. The average Bonchev–Trinajstić information content (AvgIpc) is 2.38. The van der Waals surface area contributed by atoms with Crippen LogP contribution >= 0.6 is 15.9 Å². The maximum absolute atomic E-state index is 11.8. The molecule has 4 nitrogen and oxygen atoms in total. The fourth-order valence-electron chi connectivity index (χ4n) is 1.58. The van der Waals surface area contributed by atoms with Crippen molar-refractivity contribution in [1.82, 2.24) is 4.98 Å². The van der Waals surface area contributed by atoms with Gasteiger partial charge in [0.2, 0.25) is 0 Å². The van der Waals surface area contributed by atoms with Crippen molar-refractivity contribution in [2.75, 3.05) is 7.11 Å². The number of para-hydroxylation sites is 1. The van der Waals surface area contributed by atoms with Crippen LogP contribution < -0.4 is 0 Å². The first-order chi connectivity index (χ1) is 8.61. The Bertz CT molecular complexity index is 625. The minimum Gasteiger partial charge on any atom is -0.469 e. The van der Waals surface area contributed by atoms with Crippen LogP contribution in [0.2, 0.25) is 0 Å². The molecular formula is C13H10BrNO3.